The molecule has 4 heteroatoms. The minimum atomic E-state index is -0.482. The molecule has 0 fully saturated rings. The van der Waals surface area contributed by atoms with Gasteiger partial charge in [0.25, 0.3) is 0 Å². The summed E-state index contributed by atoms with van der Waals surface area (Å²) in [4.78, 5) is 0. The van der Waals surface area contributed by atoms with Gasteiger partial charge < -0.3 is 9.73 Å². The lowest BCUT2D eigenvalue weighted by molar-refractivity contribution is 0.558. The number of hydrogen-bond donors (Lipinski definition) is 1. The van der Waals surface area contributed by atoms with Gasteiger partial charge in [-0.15, -0.1) is 0 Å². The quantitative estimate of drug-likeness (QED) is 0.872. The molecule has 0 saturated carbocycles. The fourth-order valence-electron chi connectivity index (χ4n) is 1.55. The van der Waals surface area contributed by atoms with Gasteiger partial charge in [0.1, 0.15) is 0 Å². The monoisotopic (exact) mass is 227 g/mol. The summed E-state index contributed by atoms with van der Waals surface area (Å²) in [6, 6.07) is 3.34. The van der Waals surface area contributed by atoms with Crippen LogP contribution in [0.2, 0.25) is 5.02 Å². The van der Waals surface area contributed by atoms with Crippen LogP contribution in [-0.2, 0) is 6.42 Å². The number of benzene rings is 1. The van der Waals surface area contributed by atoms with E-state index in [9.17, 15) is 4.39 Å². The van der Waals surface area contributed by atoms with Gasteiger partial charge >= 0.3 is 0 Å². The SMILES string of the molecule is CNCCc1coc2c(F)c(Cl)ccc12. The third-order valence-electron chi connectivity index (χ3n) is 2.36. The third kappa shape index (κ3) is 1.85. The standard InChI is InChI=1S/C11H11ClFNO/c1-14-5-4-7-6-15-11-8(7)2-3-9(12)10(11)13/h2-3,6,14H,4-5H2,1H3. The summed E-state index contributed by atoms with van der Waals surface area (Å²) >= 11 is 5.65. The third-order valence-corrected chi connectivity index (χ3v) is 2.65. The lowest BCUT2D eigenvalue weighted by Crippen LogP contribution is -2.09. The van der Waals surface area contributed by atoms with E-state index in [1.54, 1.807) is 18.4 Å². The zero-order chi connectivity index (χ0) is 10.8. The van der Waals surface area contributed by atoms with Crippen LogP contribution in [0.3, 0.4) is 0 Å². The minimum Gasteiger partial charge on any atom is -0.461 e. The second kappa shape index (κ2) is 4.21. The van der Waals surface area contributed by atoms with Gasteiger partial charge in [0.15, 0.2) is 11.4 Å². The highest BCUT2D eigenvalue weighted by Gasteiger charge is 2.12. The van der Waals surface area contributed by atoms with Crippen molar-refractivity contribution >= 4 is 22.6 Å². The fourth-order valence-corrected chi connectivity index (χ4v) is 1.70. The molecule has 0 unspecified atom stereocenters. The summed E-state index contributed by atoms with van der Waals surface area (Å²) in [6.45, 7) is 0.832. The molecule has 2 aromatic rings. The van der Waals surface area contributed by atoms with Gasteiger partial charge in [-0.2, -0.15) is 0 Å². The maximum atomic E-state index is 13.5. The Morgan fingerprint density at radius 2 is 2.27 bits per heavy atom. The van der Waals surface area contributed by atoms with Crippen LogP contribution in [0.1, 0.15) is 5.56 Å². The molecule has 0 amide bonds. The Morgan fingerprint density at radius 3 is 3.00 bits per heavy atom. The van der Waals surface area contributed by atoms with Crippen molar-refractivity contribution in [3.05, 3.63) is 34.8 Å². The van der Waals surface area contributed by atoms with Gasteiger partial charge in [0.05, 0.1) is 11.3 Å². The summed E-state index contributed by atoms with van der Waals surface area (Å²) in [5.74, 6) is -0.482. The molecule has 80 valence electrons. The van der Waals surface area contributed by atoms with Gasteiger partial charge in [0.2, 0.25) is 0 Å². The fraction of sp³-hybridized carbons (Fsp3) is 0.273. The number of likely N-dealkylation sites (N-methyl/N-ethyl adjacent to an activating group) is 1. The maximum Gasteiger partial charge on any atom is 0.184 e. The minimum absolute atomic E-state index is 0.0945. The molecule has 0 radical (unpaired) electrons. The molecule has 1 aromatic carbocycles. The largest absolute Gasteiger partial charge is 0.461 e. The van der Waals surface area contributed by atoms with Crippen molar-refractivity contribution in [2.75, 3.05) is 13.6 Å². The number of nitrogens with one attached hydrogen (secondary N) is 1. The maximum absolute atomic E-state index is 13.5. The second-order valence-electron chi connectivity index (χ2n) is 3.35. The Kier molecular flexibility index (Phi) is 2.93. The summed E-state index contributed by atoms with van der Waals surface area (Å²) in [5, 5.41) is 3.93. The van der Waals surface area contributed by atoms with Crippen LogP contribution in [0.15, 0.2) is 22.8 Å². The number of fused-ring (bicyclic) bond motifs is 1. The molecule has 2 rings (SSSR count). The van der Waals surface area contributed by atoms with Gasteiger partial charge in [0, 0.05) is 5.39 Å². The molecule has 0 aliphatic heterocycles. The van der Waals surface area contributed by atoms with Crippen LogP contribution in [0, 0.1) is 5.82 Å². The van der Waals surface area contributed by atoms with Crippen molar-refractivity contribution in [1.82, 2.24) is 5.32 Å². The van der Waals surface area contributed by atoms with E-state index < -0.39 is 5.82 Å². The average Bonchev–Trinajstić information content (AvgIpc) is 2.64. The van der Waals surface area contributed by atoms with E-state index in [4.69, 9.17) is 16.0 Å². The highest BCUT2D eigenvalue weighted by Crippen LogP contribution is 2.28. The highest BCUT2D eigenvalue weighted by atomic mass is 35.5. The van der Waals surface area contributed by atoms with Crippen LogP contribution in [0.25, 0.3) is 11.0 Å². The van der Waals surface area contributed by atoms with Crippen LogP contribution in [-0.4, -0.2) is 13.6 Å². The van der Waals surface area contributed by atoms with E-state index in [0.717, 1.165) is 23.9 Å². The van der Waals surface area contributed by atoms with Gasteiger partial charge in [-0.3, -0.25) is 0 Å². The van der Waals surface area contributed by atoms with Crippen molar-refractivity contribution in [3.63, 3.8) is 0 Å². The smallest absolute Gasteiger partial charge is 0.184 e. The van der Waals surface area contributed by atoms with Crippen LogP contribution in [0.5, 0.6) is 0 Å². The number of furan rings is 1. The summed E-state index contributed by atoms with van der Waals surface area (Å²) in [7, 11) is 1.87. The lowest BCUT2D eigenvalue weighted by atomic mass is 10.1. The average molecular weight is 228 g/mol. The summed E-state index contributed by atoms with van der Waals surface area (Å²) < 4.78 is 18.7. The van der Waals surface area contributed by atoms with Crippen LogP contribution >= 0.6 is 11.6 Å². The molecule has 0 aliphatic carbocycles. The Labute approximate surface area is 92.0 Å². The first kappa shape index (κ1) is 10.5. The van der Waals surface area contributed by atoms with Crippen LogP contribution < -0.4 is 5.32 Å². The Hall–Kier alpha value is -1.06. The van der Waals surface area contributed by atoms with Crippen molar-refractivity contribution in [1.29, 1.82) is 0 Å². The molecule has 1 aromatic heterocycles. The van der Waals surface area contributed by atoms with Gasteiger partial charge in [-0.1, -0.05) is 11.6 Å². The van der Waals surface area contributed by atoms with E-state index in [-0.39, 0.29) is 10.6 Å². The van der Waals surface area contributed by atoms with E-state index in [1.165, 1.54) is 0 Å². The highest BCUT2D eigenvalue weighted by molar-refractivity contribution is 6.31. The number of hydrogen-bond acceptors (Lipinski definition) is 2. The van der Waals surface area contributed by atoms with E-state index in [2.05, 4.69) is 5.32 Å². The zero-order valence-electron chi connectivity index (χ0n) is 8.31. The summed E-state index contributed by atoms with van der Waals surface area (Å²) in [6.07, 6.45) is 2.39. The first-order chi connectivity index (χ1) is 7.24. The predicted octanol–water partition coefficient (Wildman–Crippen LogP) is 2.99. The molecule has 1 heterocycles. The number of rotatable bonds is 3. The molecule has 2 nitrogen and oxygen atoms in total. The Balaban J connectivity index is 2.47. The molecule has 0 saturated heterocycles. The van der Waals surface area contributed by atoms with Gasteiger partial charge in [-0.25, -0.2) is 4.39 Å². The van der Waals surface area contributed by atoms with Gasteiger partial charge in [-0.05, 0) is 37.7 Å². The molecular weight excluding hydrogens is 217 g/mol. The number of halogens is 2. The van der Waals surface area contributed by atoms with Crippen molar-refractivity contribution in [3.8, 4) is 0 Å². The predicted molar refractivity (Wildman–Crippen MR) is 58.8 cm³/mol. The Morgan fingerprint density at radius 1 is 1.47 bits per heavy atom. The van der Waals surface area contributed by atoms with Crippen molar-refractivity contribution in [2.45, 2.75) is 6.42 Å². The molecule has 0 aliphatic rings. The molecular formula is C11H11ClFNO. The zero-order valence-corrected chi connectivity index (χ0v) is 9.07. The molecule has 0 spiro atoms. The van der Waals surface area contributed by atoms with Crippen LogP contribution in [0.4, 0.5) is 4.39 Å². The first-order valence-electron chi connectivity index (χ1n) is 4.72. The second-order valence-corrected chi connectivity index (χ2v) is 3.76. The Bertz CT molecular complexity index is 481. The lowest BCUT2D eigenvalue weighted by Gasteiger charge is -1.98. The van der Waals surface area contributed by atoms with Crippen molar-refractivity contribution < 1.29 is 8.81 Å². The molecule has 0 atom stereocenters. The van der Waals surface area contributed by atoms with Crippen molar-refractivity contribution in [2.24, 2.45) is 0 Å². The van der Waals surface area contributed by atoms with E-state index in [1.807, 2.05) is 7.05 Å². The molecule has 1 N–H and O–H groups in total. The molecule has 0 bridgehead atoms. The summed E-state index contributed by atoms with van der Waals surface area (Å²) in [5.41, 5.74) is 1.24. The normalized spacial score (nSPS) is 11.1. The topological polar surface area (TPSA) is 25.2 Å². The van der Waals surface area contributed by atoms with E-state index in [0.29, 0.717) is 0 Å². The first-order valence-corrected chi connectivity index (χ1v) is 5.10. The van der Waals surface area contributed by atoms with E-state index >= 15 is 0 Å². The molecule has 15 heavy (non-hydrogen) atoms.